The molecule has 16 heavy (non-hydrogen) atoms. The summed E-state index contributed by atoms with van der Waals surface area (Å²) in [5.41, 5.74) is 6.15. The normalized spacial score (nSPS) is 15.8. The summed E-state index contributed by atoms with van der Waals surface area (Å²) in [6, 6.07) is 0. The van der Waals surface area contributed by atoms with Crippen LogP contribution in [0.1, 0.15) is 59.8 Å². The van der Waals surface area contributed by atoms with Crippen LogP contribution in [-0.2, 0) is 0 Å². The lowest BCUT2D eigenvalue weighted by atomic mass is 9.90. The van der Waals surface area contributed by atoms with Crippen molar-refractivity contribution in [2.24, 2.45) is 11.7 Å². The van der Waals surface area contributed by atoms with Crippen LogP contribution in [0, 0.1) is 5.92 Å². The highest BCUT2D eigenvalue weighted by molar-refractivity contribution is 4.85. The van der Waals surface area contributed by atoms with Crippen LogP contribution in [0.4, 0.5) is 0 Å². The SMILES string of the molecule is CCCCCN(C)C(C)(CN)CCC(C)C. The molecule has 1 atom stereocenters. The topological polar surface area (TPSA) is 29.3 Å². The van der Waals surface area contributed by atoms with Crippen molar-refractivity contribution in [1.29, 1.82) is 0 Å². The fourth-order valence-electron chi connectivity index (χ4n) is 1.92. The molecule has 0 saturated carbocycles. The van der Waals surface area contributed by atoms with Gasteiger partial charge in [0.05, 0.1) is 0 Å². The molecular weight excluding hydrogens is 196 g/mol. The highest BCUT2D eigenvalue weighted by atomic mass is 15.2. The molecule has 0 radical (unpaired) electrons. The summed E-state index contributed by atoms with van der Waals surface area (Å²) in [7, 11) is 2.23. The van der Waals surface area contributed by atoms with Crippen molar-refractivity contribution >= 4 is 0 Å². The van der Waals surface area contributed by atoms with Gasteiger partial charge in [0.15, 0.2) is 0 Å². The molecule has 2 nitrogen and oxygen atoms in total. The van der Waals surface area contributed by atoms with Gasteiger partial charge in [-0.15, -0.1) is 0 Å². The first-order chi connectivity index (χ1) is 7.46. The zero-order valence-electron chi connectivity index (χ0n) is 12.1. The van der Waals surface area contributed by atoms with Gasteiger partial charge in [-0.05, 0) is 45.7 Å². The maximum Gasteiger partial charge on any atom is 0.0300 e. The average Bonchev–Trinajstić information content (AvgIpc) is 2.26. The summed E-state index contributed by atoms with van der Waals surface area (Å²) in [5, 5.41) is 0. The second-order valence-electron chi connectivity index (χ2n) is 5.76. The molecule has 1 unspecified atom stereocenters. The Bertz CT molecular complexity index is 168. The van der Waals surface area contributed by atoms with E-state index in [2.05, 4.69) is 39.6 Å². The van der Waals surface area contributed by atoms with E-state index in [1.165, 1.54) is 38.6 Å². The minimum atomic E-state index is 0.192. The van der Waals surface area contributed by atoms with Crippen molar-refractivity contribution < 1.29 is 0 Å². The van der Waals surface area contributed by atoms with Gasteiger partial charge < -0.3 is 5.73 Å². The summed E-state index contributed by atoms with van der Waals surface area (Å²) in [6.07, 6.45) is 6.40. The van der Waals surface area contributed by atoms with E-state index in [-0.39, 0.29) is 5.54 Å². The molecule has 98 valence electrons. The van der Waals surface area contributed by atoms with E-state index < -0.39 is 0 Å². The van der Waals surface area contributed by atoms with E-state index in [1.807, 2.05) is 0 Å². The van der Waals surface area contributed by atoms with Crippen LogP contribution in [-0.4, -0.2) is 30.6 Å². The molecule has 0 bridgehead atoms. The van der Waals surface area contributed by atoms with Gasteiger partial charge >= 0.3 is 0 Å². The molecule has 2 heteroatoms. The lowest BCUT2D eigenvalue weighted by molar-refractivity contribution is 0.124. The van der Waals surface area contributed by atoms with Crippen LogP contribution in [0.25, 0.3) is 0 Å². The number of hydrogen-bond acceptors (Lipinski definition) is 2. The standard InChI is InChI=1S/C14H32N2/c1-6-7-8-11-16(5)14(4,12-15)10-9-13(2)3/h13H,6-12,15H2,1-5H3. The van der Waals surface area contributed by atoms with Crippen molar-refractivity contribution in [3.8, 4) is 0 Å². The molecule has 0 aromatic rings. The van der Waals surface area contributed by atoms with Crippen LogP contribution < -0.4 is 5.73 Å². The quantitative estimate of drug-likeness (QED) is 0.614. The van der Waals surface area contributed by atoms with Gasteiger partial charge in [0, 0.05) is 12.1 Å². The first-order valence-electron chi connectivity index (χ1n) is 6.87. The van der Waals surface area contributed by atoms with Crippen LogP contribution >= 0.6 is 0 Å². The maximum atomic E-state index is 5.96. The van der Waals surface area contributed by atoms with E-state index in [0.29, 0.717) is 0 Å². The molecule has 0 fully saturated rings. The Morgan fingerprint density at radius 2 is 1.88 bits per heavy atom. The lowest BCUT2D eigenvalue weighted by Crippen LogP contribution is -2.50. The highest BCUT2D eigenvalue weighted by Gasteiger charge is 2.26. The van der Waals surface area contributed by atoms with Crippen LogP contribution in [0.5, 0.6) is 0 Å². The van der Waals surface area contributed by atoms with Crippen LogP contribution in [0.3, 0.4) is 0 Å². The number of nitrogens with two attached hydrogens (primary N) is 1. The van der Waals surface area contributed by atoms with Crippen molar-refractivity contribution in [3.63, 3.8) is 0 Å². The third kappa shape index (κ3) is 5.86. The zero-order chi connectivity index (χ0) is 12.6. The first kappa shape index (κ1) is 15.9. The average molecular weight is 228 g/mol. The van der Waals surface area contributed by atoms with Gasteiger partial charge in [-0.2, -0.15) is 0 Å². The van der Waals surface area contributed by atoms with Gasteiger partial charge in [0.1, 0.15) is 0 Å². The molecule has 0 heterocycles. The summed E-state index contributed by atoms with van der Waals surface area (Å²) in [6.45, 7) is 11.1. The molecule has 0 saturated heterocycles. The van der Waals surface area contributed by atoms with E-state index in [9.17, 15) is 0 Å². The Kier molecular flexibility index (Phi) is 8.04. The molecular formula is C14H32N2. The van der Waals surface area contributed by atoms with Crippen molar-refractivity contribution in [3.05, 3.63) is 0 Å². The van der Waals surface area contributed by atoms with Gasteiger partial charge in [0.25, 0.3) is 0 Å². The van der Waals surface area contributed by atoms with Gasteiger partial charge in [-0.25, -0.2) is 0 Å². The minimum Gasteiger partial charge on any atom is -0.329 e. The summed E-state index contributed by atoms with van der Waals surface area (Å²) in [4.78, 5) is 2.46. The van der Waals surface area contributed by atoms with E-state index >= 15 is 0 Å². The Labute approximate surface area is 103 Å². The number of unbranched alkanes of at least 4 members (excludes halogenated alkanes) is 2. The van der Waals surface area contributed by atoms with E-state index in [4.69, 9.17) is 5.73 Å². The molecule has 2 N–H and O–H groups in total. The van der Waals surface area contributed by atoms with Crippen molar-refractivity contribution in [2.45, 2.75) is 65.3 Å². The monoisotopic (exact) mass is 228 g/mol. The largest absolute Gasteiger partial charge is 0.329 e. The minimum absolute atomic E-state index is 0.192. The third-order valence-electron chi connectivity index (χ3n) is 3.72. The number of likely N-dealkylation sites (N-methyl/N-ethyl adjacent to an activating group) is 1. The molecule has 0 aromatic carbocycles. The fourth-order valence-corrected chi connectivity index (χ4v) is 1.92. The molecule has 0 aliphatic carbocycles. The highest BCUT2D eigenvalue weighted by Crippen LogP contribution is 2.22. The number of hydrogen-bond donors (Lipinski definition) is 1. The van der Waals surface area contributed by atoms with Gasteiger partial charge in [0.2, 0.25) is 0 Å². The van der Waals surface area contributed by atoms with Crippen molar-refractivity contribution in [1.82, 2.24) is 4.90 Å². The van der Waals surface area contributed by atoms with Gasteiger partial charge in [-0.3, -0.25) is 4.90 Å². The number of rotatable bonds is 9. The summed E-state index contributed by atoms with van der Waals surface area (Å²) in [5.74, 6) is 0.773. The maximum absolute atomic E-state index is 5.96. The Hall–Kier alpha value is -0.0800. The molecule has 0 aliphatic rings. The molecule has 0 spiro atoms. The summed E-state index contributed by atoms with van der Waals surface area (Å²) >= 11 is 0. The zero-order valence-corrected chi connectivity index (χ0v) is 12.1. The van der Waals surface area contributed by atoms with E-state index in [0.717, 1.165) is 12.5 Å². The van der Waals surface area contributed by atoms with Gasteiger partial charge in [-0.1, -0.05) is 33.6 Å². The predicted octanol–water partition coefficient (Wildman–Crippen LogP) is 3.26. The second kappa shape index (κ2) is 8.08. The van der Waals surface area contributed by atoms with Crippen molar-refractivity contribution in [2.75, 3.05) is 20.1 Å². The predicted molar refractivity (Wildman–Crippen MR) is 73.7 cm³/mol. The summed E-state index contributed by atoms with van der Waals surface area (Å²) < 4.78 is 0. The first-order valence-corrected chi connectivity index (χ1v) is 6.87. The molecule has 0 aromatic heterocycles. The molecule has 0 rings (SSSR count). The number of nitrogens with zero attached hydrogens (tertiary/aromatic N) is 1. The smallest absolute Gasteiger partial charge is 0.0300 e. The van der Waals surface area contributed by atoms with E-state index in [1.54, 1.807) is 0 Å². The van der Waals surface area contributed by atoms with Crippen LogP contribution in [0.15, 0.2) is 0 Å². The fraction of sp³-hybridized carbons (Fsp3) is 1.00. The van der Waals surface area contributed by atoms with Crippen LogP contribution in [0.2, 0.25) is 0 Å². The Morgan fingerprint density at radius 1 is 1.25 bits per heavy atom. The molecule has 0 aliphatic heterocycles. The lowest BCUT2D eigenvalue weighted by Gasteiger charge is -2.38. The second-order valence-corrected chi connectivity index (χ2v) is 5.76. The third-order valence-corrected chi connectivity index (χ3v) is 3.72. The Morgan fingerprint density at radius 3 is 2.31 bits per heavy atom. The molecule has 0 amide bonds. The Balaban J connectivity index is 4.09.